The van der Waals surface area contributed by atoms with Crippen LogP contribution < -0.4 is 5.32 Å². The van der Waals surface area contributed by atoms with E-state index in [1.165, 1.54) is 12.8 Å². The number of rotatable bonds is 2. The lowest BCUT2D eigenvalue weighted by atomic mass is 10.2. The van der Waals surface area contributed by atoms with Gasteiger partial charge in [-0.25, -0.2) is 0 Å². The van der Waals surface area contributed by atoms with E-state index in [9.17, 15) is 4.79 Å². The van der Waals surface area contributed by atoms with Gasteiger partial charge in [-0.1, -0.05) is 0 Å². The zero-order chi connectivity index (χ0) is 8.39. The number of hydrogen-bond acceptors (Lipinski definition) is 2. The molecule has 0 unspecified atom stereocenters. The quantitative estimate of drug-likeness (QED) is 0.639. The zero-order valence-corrected chi connectivity index (χ0v) is 7.38. The van der Waals surface area contributed by atoms with Crippen LogP contribution in [0.3, 0.4) is 0 Å². The highest BCUT2D eigenvalue weighted by molar-refractivity contribution is 5.76. The first-order valence-corrected chi connectivity index (χ1v) is 4.85. The van der Waals surface area contributed by atoms with Gasteiger partial charge >= 0.3 is 0 Å². The fourth-order valence-corrected chi connectivity index (χ4v) is 1.61. The van der Waals surface area contributed by atoms with E-state index in [0.717, 1.165) is 38.5 Å². The fourth-order valence-electron chi connectivity index (χ4n) is 1.61. The van der Waals surface area contributed by atoms with E-state index >= 15 is 0 Å². The van der Waals surface area contributed by atoms with Crippen LogP contribution in [0, 0.1) is 5.92 Å². The average Bonchev–Trinajstić information content (AvgIpc) is 2.90. The van der Waals surface area contributed by atoms with Crippen LogP contribution in [0.2, 0.25) is 0 Å². The van der Waals surface area contributed by atoms with Crippen molar-refractivity contribution in [1.82, 2.24) is 10.2 Å². The monoisotopic (exact) mass is 168 g/mol. The lowest BCUT2D eigenvalue weighted by Crippen LogP contribution is -2.46. The van der Waals surface area contributed by atoms with Gasteiger partial charge in [0, 0.05) is 32.6 Å². The van der Waals surface area contributed by atoms with Crippen molar-refractivity contribution in [2.24, 2.45) is 5.92 Å². The molecular weight excluding hydrogens is 152 g/mol. The Morgan fingerprint density at radius 3 is 2.58 bits per heavy atom. The van der Waals surface area contributed by atoms with Crippen LogP contribution in [0.25, 0.3) is 0 Å². The van der Waals surface area contributed by atoms with Crippen LogP contribution in [0.5, 0.6) is 0 Å². The van der Waals surface area contributed by atoms with Crippen molar-refractivity contribution in [3.8, 4) is 0 Å². The summed E-state index contributed by atoms with van der Waals surface area (Å²) in [6.07, 6.45) is 3.36. The molecule has 2 aliphatic rings. The minimum atomic E-state index is 0.374. The first-order chi connectivity index (χ1) is 5.86. The van der Waals surface area contributed by atoms with Gasteiger partial charge < -0.3 is 10.2 Å². The van der Waals surface area contributed by atoms with Crippen LogP contribution in [0.15, 0.2) is 0 Å². The minimum Gasteiger partial charge on any atom is -0.340 e. The third kappa shape index (κ3) is 1.97. The second-order valence-corrected chi connectivity index (χ2v) is 3.78. The van der Waals surface area contributed by atoms with E-state index in [4.69, 9.17) is 0 Å². The number of carbonyl (C=O) groups is 1. The van der Waals surface area contributed by atoms with Gasteiger partial charge in [-0.15, -0.1) is 0 Å². The molecule has 1 amide bonds. The van der Waals surface area contributed by atoms with Crippen molar-refractivity contribution in [1.29, 1.82) is 0 Å². The van der Waals surface area contributed by atoms with Gasteiger partial charge in [0.2, 0.25) is 5.91 Å². The highest BCUT2D eigenvalue weighted by Crippen LogP contribution is 2.32. The molecule has 0 aromatic carbocycles. The maximum absolute atomic E-state index is 11.5. The van der Waals surface area contributed by atoms with Crippen molar-refractivity contribution in [2.75, 3.05) is 26.2 Å². The van der Waals surface area contributed by atoms with Crippen molar-refractivity contribution in [3.05, 3.63) is 0 Å². The highest BCUT2D eigenvalue weighted by Gasteiger charge is 2.27. The second-order valence-electron chi connectivity index (χ2n) is 3.78. The average molecular weight is 168 g/mol. The molecule has 0 aromatic heterocycles. The summed E-state index contributed by atoms with van der Waals surface area (Å²) in [5.41, 5.74) is 0. The molecule has 0 atom stereocenters. The van der Waals surface area contributed by atoms with Crippen molar-refractivity contribution in [3.63, 3.8) is 0 Å². The standard InChI is InChI=1S/C9H16N2O/c12-9(7-8-1-2-8)11-5-3-10-4-6-11/h8,10H,1-7H2. The molecule has 12 heavy (non-hydrogen) atoms. The van der Waals surface area contributed by atoms with Crippen LogP contribution in [0.4, 0.5) is 0 Å². The van der Waals surface area contributed by atoms with Gasteiger partial charge in [-0.3, -0.25) is 4.79 Å². The maximum atomic E-state index is 11.5. The molecule has 0 bridgehead atoms. The fraction of sp³-hybridized carbons (Fsp3) is 0.889. The molecule has 68 valence electrons. The Hall–Kier alpha value is -0.570. The molecule has 1 saturated carbocycles. The van der Waals surface area contributed by atoms with Gasteiger partial charge in [-0.2, -0.15) is 0 Å². The summed E-state index contributed by atoms with van der Waals surface area (Å²) in [6, 6.07) is 0. The Labute approximate surface area is 73.1 Å². The molecule has 0 spiro atoms. The molecular formula is C9H16N2O. The molecule has 2 fully saturated rings. The first-order valence-electron chi connectivity index (χ1n) is 4.85. The molecule has 3 nitrogen and oxygen atoms in total. The number of hydrogen-bond donors (Lipinski definition) is 1. The summed E-state index contributed by atoms with van der Waals surface area (Å²) >= 11 is 0. The van der Waals surface area contributed by atoms with E-state index in [1.54, 1.807) is 0 Å². The van der Waals surface area contributed by atoms with Crippen molar-refractivity contribution >= 4 is 5.91 Å². The number of amides is 1. The second kappa shape index (κ2) is 3.44. The number of nitrogens with zero attached hydrogens (tertiary/aromatic N) is 1. The van der Waals surface area contributed by atoms with Gasteiger partial charge in [-0.05, 0) is 18.8 Å². The smallest absolute Gasteiger partial charge is 0.222 e. The third-order valence-electron chi connectivity index (χ3n) is 2.63. The molecule has 0 aromatic rings. The Kier molecular flexibility index (Phi) is 2.30. The Bertz CT molecular complexity index is 171. The zero-order valence-electron chi connectivity index (χ0n) is 7.38. The molecule has 3 heteroatoms. The van der Waals surface area contributed by atoms with Crippen LogP contribution in [-0.4, -0.2) is 37.0 Å². The largest absolute Gasteiger partial charge is 0.340 e. The summed E-state index contributed by atoms with van der Waals surface area (Å²) < 4.78 is 0. The summed E-state index contributed by atoms with van der Waals surface area (Å²) in [4.78, 5) is 13.5. The molecule has 1 heterocycles. The number of piperazine rings is 1. The van der Waals surface area contributed by atoms with Gasteiger partial charge in [0.25, 0.3) is 0 Å². The highest BCUT2D eigenvalue weighted by atomic mass is 16.2. The van der Waals surface area contributed by atoms with E-state index in [0.29, 0.717) is 5.91 Å². The predicted molar refractivity (Wildman–Crippen MR) is 46.8 cm³/mol. The Morgan fingerprint density at radius 2 is 2.00 bits per heavy atom. The van der Waals surface area contributed by atoms with Gasteiger partial charge in [0.1, 0.15) is 0 Å². The normalized spacial score (nSPS) is 24.2. The molecule has 1 aliphatic heterocycles. The van der Waals surface area contributed by atoms with Crippen molar-refractivity contribution in [2.45, 2.75) is 19.3 Å². The first kappa shape index (κ1) is 8.05. The van der Waals surface area contributed by atoms with Crippen LogP contribution >= 0.6 is 0 Å². The van der Waals surface area contributed by atoms with E-state index in [-0.39, 0.29) is 0 Å². The minimum absolute atomic E-state index is 0.374. The number of carbonyl (C=O) groups excluding carboxylic acids is 1. The van der Waals surface area contributed by atoms with Crippen molar-refractivity contribution < 1.29 is 4.79 Å². The van der Waals surface area contributed by atoms with Crippen LogP contribution in [-0.2, 0) is 4.79 Å². The third-order valence-corrected chi connectivity index (χ3v) is 2.63. The molecule has 0 radical (unpaired) electrons. The summed E-state index contributed by atoms with van der Waals surface area (Å²) in [5, 5.41) is 3.24. The summed E-state index contributed by atoms with van der Waals surface area (Å²) in [7, 11) is 0. The lowest BCUT2D eigenvalue weighted by molar-refractivity contribution is -0.132. The van der Waals surface area contributed by atoms with Crippen LogP contribution in [0.1, 0.15) is 19.3 Å². The summed E-state index contributed by atoms with van der Waals surface area (Å²) in [5.74, 6) is 1.10. The van der Waals surface area contributed by atoms with E-state index in [1.807, 2.05) is 4.90 Å². The Morgan fingerprint density at radius 1 is 1.33 bits per heavy atom. The molecule has 2 rings (SSSR count). The topological polar surface area (TPSA) is 32.3 Å². The molecule has 1 aliphatic carbocycles. The molecule has 1 N–H and O–H groups in total. The number of nitrogens with one attached hydrogen (secondary N) is 1. The predicted octanol–water partition coefficient (Wildman–Crippen LogP) is 0.218. The summed E-state index contributed by atoms with van der Waals surface area (Å²) in [6.45, 7) is 3.75. The Balaban J connectivity index is 1.76. The SMILES string of the molecule is O=C(CC1CC1)N1CCNCC1. The lowest BCUT2D eigenvalue weighted by Gasteiger charge is -2.27. The maximum Gasteiger partial charge on any atom is 0.222 e. The molecule has 1 saturated heterocycles. The van der Waals surface area contributed by atoms with E-state index in [2.05, 4.69) is 5.32 Å². The van der Waals surface area contributed by atoms with Gasteiger partial charge in [0.15, 0.2) is 0 Å². The van der Waals surface area contributed by atoms with Gasteiger partial charge in [0.05, 0.1) is 0 Å². The van der Waals surface area contributed by atoms with E-state index < -0.39 is 0 Å².